The summed E-state index contributed by atoms with van der Waals surface area (Å²) in [4.78, 5) is 4.55. The molecular formula is C18H19N3O. The second-order valence-corrected chi connectivity index (χ2v) is 5.42. The summed E-state index contributed by atoms with van der Waals surface area (Å²) in [5.74, 6) is 1.61. The Morgan fingerprint density at radius 3 is 2.41 bits per heavy atom. The van der Waals surface area contributed by atoms with Crippen LogP contribution in [0.5, 0.6) is 0 Å². The first-order valence-corrected chi connectivity index (χ1v) is 7.33. The molecule has 22 heavy (non-hydrogen) atoms. The van der Waals surface area contributed by atoms with Gasteiger partial charge in [0.15, 0.2) is 5.82 Å². The van der Waals surface area contributed by atoms with Gasteiger partial charge in [0.25, 0.3) is 0 Å². The minimum Gasteiger partial charge on any atom is -0.392 e. The number of hydrogen-bond acceptors (Lipinski definition) is 3. The van der Waals surface area contributed by atoms with Crippen LogP contribution in [0.1, 0.15) is 22.5 Å². The zero-order valence-corrected chi connectivity index (χ0v) is 12.8. The Kier molecular flexibility index (Phi) is 4.02. The van der Waals surface area contributed by atoms with Crippen LogP contribution >= 0.6 is 0 Å². The van der Waals surface area contributed by atoms with Gasteiger partial charge in [-0.25, -0.2) is 9.67 Å². The minimum absolute atomic E-state index is 0.0508. The quantitative estimate of drug-likeness (QED) is 0.804. The number of nitrogens with zero attached hydrogens (tertiary/aromatic N) is 3. The topological polar surface area (TPSA) is 50.9 Å². The second kappa shape index (κ2) is 6.12. The lowest BCUT2D eigenvalue weighted by Crippen LogP contribution is -2.05. The van der Waals surface area contributed by atoms with Crippen LogP contribution in [0.4, 0.5) is 0 Å². The van der Waals surface area contributed by atoms with Crippen LogP contribution < -0.4 is 0 Å². The summed E-state index contributed by atoms with van der Waals surface area (Å²) in [7, 11) is 0. The van der Waals surface area contributed by atoms with Crippen molar-refractivity contribution in [3.63, 3.8) is 0 Å². The van der Waals surface area contributed by atoms with Gasteiger partial charge in [-0.05, 0) is 30.5 Å². The van der Waals surface area contributed by atoms with E-state index in [1.807, 2.05) is 48.0 Å². The van der Waals surface area contributed by atoms with Gasteiger partial charge in [-0.15, -0.1) is 0 Å². The Hall–Kier alpha value is -2.46. The molecule has 4 nitrogen and oxygen atoms in total. The number of aliphatic hydroxyl groups excluding tert-OH is 1. The summed E-state index contributed by atoms with van der Waals surface area (Å²) in [6.07, 6.45) is 0. The summed E-state index contributed by atoms with van der Waals surface area (Å²) in [5, 5.41) is 13.7. The number of aromatic nitrogens is 3. The van der Waals surface area contributed by atoms with Crippen LogP contribution in [0.25, 0.3) is 11.4 Å². The predicted octanol–water partition coefficient (Wildman–Crippen LogP) is 3.10. The molecule has 1 aromatic heterocycles. The van der Waals surface area contributed by atoms with Gasteiger partial charge < -0.3 is 5.11 Å². The van der Waals surface area contributed by atoms with E-state index in [1.54, 1.807) is 0 Å². The first-order chi connectivity index (χ1) is 10.7. The largest absolute Gasteiger partial charge is 0.392 e. The highest BCUT2D eigenvalue weighted by Gasteiger charge is 2.11. The van der Waals surface area contributed by atoms with E-state index in [9.17, 15) is 0 Å². The van der Waals surface area contributed by atoms with E-state index in [0.717, 1.165) is 22.8 Å². The molecule has 0 bridgehead atoms. The highest BCUT2D eigenvalue weighted by Crippen LogP contribution is 2.20. The molecule has 4 heteroatoms. The molecule has 0 atom stereocenters. The van der Waals surface area contributed by atoms with E-state index in [2.05, 4.69) is 29.1 Å². The van der Waals surface area contributed by atoms with Crippen molar-refractivity contribution >= 4 is 0 Å². The molecule has 0 unspecified atom stereocenters. The first kappa shape index (κ1) is 14.5. The predicted molar refractivity (Wildman–Crippen MR) is 86.4 cm³/mol. The van der Waals surface area contributed by atoms with Gasteiger partial charge in [-0.3, -0.25) is 0 Å². The lowest BCUT2D eigenvalue weighted by atomic mass is 10.1. The fourth-order valence-electron chi connectivity index (χ4n) is 2.49. The minimum atomic E-state index is 0.0508. The molecule has 0 aliphatic rings. The Balaban J connectivity index is 1.97. The average molecular weight is 293 g/mol. The monoisotopic (exact) mass is 293 g/mol. The SMILES string of the molecule is Cc1nc(-c2ccc(CO)cc2)n(Cc2ccccc2C)n1. The highest BCUT2D eigenvalue weighted by molar-refractivity contribution is 5.56. The van der Waals surface area contributed by atoms with E-state index in [4.69, 9.17) is 5.11 Å². The third-order valence-electron chi connectivity index (χ3n) is 3.75. The van der Waals surface area contributed by atoms with Gasteiger partial charge >= 0.3 is 0 Å². The first-order valence-electron chi connectivity index (χ1n) is 7.33. The van der Waals surface area contributed by atoms with Crippen molar-refractivity contribution < 1.29 is 5.11 Å². The molecule has 1 heterocycles. The van der Waals surface area contributed by atoms with E-state index in [-0.39, 0.29) is 6.61 Å². The smallest absolute Gasteiger partial charge is 0.158 e. The van der Waals surface area contributed by atoms with Crippen LogP contribution in [0.2, 0.25) is 0 Å². The van der Waals surface area contributed by atoms with Crippen molar-refractivity contribution in [2.75, 3.05) is 0 Å². The Morgan fingerprint density at radius 1 is 1.00 bits per heavy atom. The maximum Gasteiger partial charge on any atom is 0.158 e. The van der Waals surface area contributed by atoms with Crippen molar-refractivity contribution in [2.24, 2.45) is 0 Å². The van der Waals surface area contributed by atoms with E-state index in [0.29, 0.717) is 6.54 Å². The van der Waals surface area contributed by atoms with Crippen LogP contribution in [-0.4, -0.2) is 19.9 Å². The molecule has 3 aromatic rings. The molecule has 0 amide bonds. The number of aliphatic hydroxyl groups is 1. The highest BCUT2D eigenvalue weighted by atomic mass is 16.3. The zero-order chi connectivity index (χ0) is 15.5. The molecular weight excluding hydrogens is 274 g/mol. The van der Waals surface area contributed by atoms with Crippen molar-refractivity contribution in [1.29, 1.82) is 0 Å². The average Bonchev–Trinajstić information content (AvgIpc) is 2.90. The van der Waals surface area contributed by atoms with Crippen molar-refractivity contribution in [2.45, 2.75) is 27.0 Å². The van der Waals surface area contributed by atoms with Gasteiger partial charge in [0.1, 0.15) is 5.82 Å². The van der Waals surface area contributed by atoms with Crippen LogP contribution in [0.15, 0.2) is 48.5 Å². The molecule has 0 fully saturated rings. The van der Waals surface area contributed by atoms with Gasteiger partial charge in [-0.1, -0.05) is 48.5 Å². The molecule has 0 saturated heterocycles. The fraction of sp³-hybridized carbons (Fsp3) is 0.222. The summed E-state index contributed by atoms with van der Waals surface area (Å²) in [6, 6.07) is 16.1. The second-order valence-electron chi connectivity index (χ2n) is 5.42. The standard InChI is InChI=1S/C18H19N3O/c1-13-5-3-4-6-17(13)11-21-18(19-14(2)20-21)16-9-7-15(12-22)8-10-16/h3-10,22H,11-12H2,1-2H3. The lowest BCUT2D eigenvalue weighted by Gasteiger charge is -2.09. The summed E-state index contributed by atoms with van der Waals surface area (Å²) in [6.45, 7) is 4.76. The zero-order valence-electron chi connectivity index (χ0n) is 12.8. The summed E-state index contributed by atoms with van der Waals surface area (Å²) >= 11 is 0. The molecule has 1 N–H and O–H groups in total. The number of hydrogen-bond donors (Lipinski definition) is 1. The summed E-state index contributed by atoms with van der Waals surface area (Å²) in [5.41, 5.74) is 4.38. The third kappa shape index (κ3) is 2.92. The van der Waals surface area contributed by atoms with Crippen molar-refractivity contribution in [3.05, 3.63) is 71.0 Å². The van der Waals surface area contributed by atoms with Crippen molar-refractivity contribution in [3.8, 4) is 11.4 Å². The number of aryl methyl sites for hydroxylation is 2. The van der Waals surface area contributed by atoms with Gasteiger partial charge in [0.2, 0.25) is 0 Å². The van der Waals surface area contributed by atoms with Crippen LogP contribution in [0.3, 0.4) is 0 Å². The molecule has 112 valence electrons. The Bertz CT molecular complexity index is 775. The molecule has 0 radical (unpaired) electrons. The Morgan fingerprint density at radius 2 is 1.73 bits per heavy atom. The van der Waals surface area contributed by atoms with E-state index in [1.165, 1.54) is 11.1 Å². The normalized spacial score (nSPS) is 10.9. The van der Waals surface area contributed by atoms with Crippen LogP contribution in [0, 0.1) is 13.8 Å². The molecule has 0 spiro atoms. The molecule has 2 aromatic carbocycles. The van der Waals surface area contributed by atoms with Gasteiger partial charge in [-0.2, -0.15) is 5.10 Å². The lowest BCUT2D eigenvalue weighted by molar-refractivity contribution is 0.282. The molecule has 0 aliphatic carbocycles. The fourth-order valence-corrected chi connectivity index (χ4v) is 2.49. The summed E-state index contributed by atoms with van der Waals surface area (Å²) < 4.78 is 1.94. The third-order valence-corrected chi connectivity index (χ3v) is 3.75. The van der Waals surface area contributed by atoms with E-state index < -0.39 is 0 Å². The van der Waals surface area contributed by atoms with Gasteiger partial charge in [0, 0.05) is 5.56 Å². The molecule has 0 saturated carbocycles. The molecule has 0 aliphatic heterocycles. The Labute approximate surface area is 130 Å². The van der Waals surface area contributed by atoms with Crippen molar-refractivity contribution in [1.82, 2.24) is 14.8 Å². The van der Waals surface area contributed by atoms with Gasteiger partial charge in [0.05, 0.1) is 13.2 Å². The number of benzene rings is 2. The molecule has 3 rings (SSSR count). The number of rotatable bonds is 4. The van der Waals surface area contributed by atoms with E-state index >= 15 is 0 Å². The van der Waals surface area contributed by atoms with Crippen LogP contribution in [-0.2, 0) is 13.2 Å². The maximum absolute atomic E-state index is 9.15. The maximum atomic E-state index is 9.15.